The number of rotatable bonds is 2. The fraction of sp³-hybridized carbons (Fsp3) is 0.286. The van der Waals surface area contributed by atoms with E-state index in [0.29, 0.717) is 0 Å². The van der Waals surface area contributed by atoms with Crippen molar-refractivity contribution in [3.05, 3.63) is 84.2 Å². The average molecular weight is 395 g/mol. The molecule has 2 nitrogen and oxygen atoms in total. The molecule has 2 heteroatoms. The van der Waals surface area contributed by atoms with E-state index < -0.39 is 0 Å². The van der Waals surface area contributed by atoms with Crippen molar-refractivity contribution < 1.29 is 0 Å². The molecule has 0 radical (unpaired) electrons. The van der Waals surface area contributed by atoms with Crippen molar-refractivity contribution in [3.63, 3.8) is 0 Å². The first kappa shape index (κ1) is 20.3. The predicted molar refractivity (Wildman–Crippen MR) is 128 cm³/mol. The zero-order valence-corrected chi connectivity index (χ0v) is 18.8. The van der Waals surface area contributed by atoms with Gasteiger partial charge in [-0.05, 0) is 28.2 Å². The fourth-order valence-electron chi connectivity index (χ4n) is 3.70. The van der Waals surface area contributed by atoms with Crippen molar-refractivity contribution in [1.82, 2.24) is 9.97 Å². The Labute approximate surface area is 180 Å². The summed E-state index contributed by atoms with van der Waals surface area (Å²) in [7, 11) is 0. The van der Waals surface area contributed by atoms with Gasteiger partial charge in [-0.1, -0.05) is 108 Å². The van der Waals surface area contributed by atoms with Crippen LogP contribution in [0.15, 0.2) is 72.8 Å². The van der Waals surface area contributed by atoms with E-state index in [-0.39, 0.29) is 10.8 Å². The van der Waals surface area contributed by atoms with Gasteiger partial charge in [0, 0.05) is 16.4 Å². The van der Waals surface area contributed by atoms with E-state index in [1.165, 1.54) is 16.7 Å². The van der Waals surface area contributed by atoms with E-state index in [1.807, 2.05) is 0 Å². The first-order valence-electron chi connectivity index (χ1n) is 10.6. The van der Waals surface area contributed by atoms with Gasteiger partial charge in [0.25, 0.3) is 0 Å². The normalized spacial score (nSPS) is 12.3. The maximum absolute atomic E-state index is 5.11. The van der Waals surface area contributed by atoms with Gasteiger partial charge in [-0.2, -0.15) is 0 Å². The molecule has 3 aromatic carbocycles. The Morgan fingerprint density at radius 1 is 0.600 bits per heavy atom. The van der Waals surface area contributed by atoms with E-state index >= 15 is 0 Å². The van der Waals surface area contributed by atoms with Crippen LogP contribution in [-0.4, -0.2) is 9.97 Å². The highest BCUT2D eigenvalue weighted by Gasteiger charge is 2.23. The van der Waals surface area contributed by atoms with Gasteiger partial charge in [0.15, 0.2) is 0 Å². The van der Waals surface area contributed by atoms with Crippen LogP contribution < -0.4 is 0 Å². The monoisotopic (exact) mass is 394 g/mol. The van der Waals surface area contributed by atoms with Gasteiger partial charge in [-0.15, -0.1) is 0 Å². The van der Waals surface area contributed by atoms with Gasteiger partial charge in [0.05, 0.1) is 11.2 Å². The number of hydrogen-bond donors (Lipinski definition) is 0. The van der Waals surface area contributed by atoms with Crippen molar-refractivity contribution in [3.8, 4) is 22.4 Å². The summed E-state index contributed by atoms with van der Waals surface area (Å²) >= 11 is 0. The molecule has 0 saturated heterocycles. The number of fused-ring (bicyclic) bond motifs is 1. The van der Waals surface area contributed by atoms with Crippen molar-refractivity contribution in [1.29, 1.82) is 0 Å². The Morgan fingerprint density at radius 3 is 1.87 bits per heavy atom. The minimum Gasteiger partial charge on any atom is -0.232 e. The van der Waals surface area contributed by atoms with Gasteiger partial charge in [0.2, 0.25) is 0 Å². The average Bonchev–Trinajstić information content (AvgIpc) is 2.72. The molecular formula is C28H30N2. The first-order chi connectivity index (χ1) is 14.1. The third kappa shape index (κ3) is 3.87. The Kier molecular flexibility index (Phi) is 4.97. The summed E-state index contributed by atoms with van der Waals surface area (Å²) in [5, 5.41) is 1.10. The van der Waals surface area contributed by atoms with Crippen LogP contribution in [0.25, 0.3) is 33.3 Å². The second kappa shape index (κ2) is 7.36. The van der Waals surface area contributed by atoms with Crippen LogP contribution in [0.3, 0.4) is 0 Å². The molecule has 0 aliphatic heterocycles. The molecule has 30 heavy (non-hydrogen) atoms. The number of nitrogens with zero attached hydrogens (tertiary/aromatic N) is 2. The lowest BCUT2D eigenvalue weighted by Gasteiger charge is -2.22. The molecule has 0 saturated carbocycles. The zero-order valence-electron chi connectivity index (χ0n) is 18.8. The lowest BCUT2D eigenvalue weighted by Crippen LogP contribution is -2.17. The lowest BCUT2D eigenvalue weighted by molar-refractivity contribution is 0.549. The van der Waals surface area contributed by atoms with Crippen LogP contribution in [0, 0.1) is 0 Å². The van der Waals surface area contributed by atoms with Crippen LogP contribution in [0.4, 0.5) is 0 Å². The van der Waals surface area contributed by atoms with Gasteiger partial charge in [-0.3, -0.25) is 0 Å². The summed E-state index contributed by atoms with van der Waals surface area (Å²) in [4.78, 5) is 10.1. The summed E-state index contributed by atoms with van der Waals surface area (Å²) in [5.41, 5.74) is 6.78. The van der Waals surface area contributed by atoms with Crippen LogP contribution >= 0.6 is 0 Å². The van der Waals surface area contributed by atoms with E-state index in [0.717, 1.165) is 28.0 Å². The zero-order chi connectivity index (χ0) is 21.5. The van der Waals surface area contributed by atoms with Gasteiger partial charge in [-0.25, -0.2) is 9.97 Å². The molecule has 0 aliphatic rings. The minimum atomic E-state index is -0.137. The lowest BCUT2D eigenvalue weighted by atomic mass is 9.86. The molecule has 0 atom stereocenters. The Bertz CT molecular complexity index is 1190. The summed E-state index contributed by atoms with van der Waals surface area (Å²) in [5.74, 6) is 0.874. The van der Waals surface area contributed by atoms with Crippen LogP contribution in [0.2, 0.25) is 0 Å². The standard InChI is InChI=1S/C28H30N2/c1-27(2,3)20-16-17-23-24(18-20)29-26(28(4,5)6)30-25(23)22-15-11-10-14-21(22)19-12-8-7-9-13-19/h7-18H,1-6H3. The van der Waals surface area contributed by atoms with E-state index in [1.54, 1.807) is 0 Å². The van der Waals surface area contributed by atoms with Crippen LogP contribution in [0.5, 0.6) is 0 Å². The molecule has 0 amide bonds. The van der Waals surface area contributed by atoms with Crippen LogP contribution in [0.1, 0.15) is 52.9 Å². The Morgan fingerprint density at radius 2 is 1.23 bits per heavy atom. The van der Waals surface area contributed by atoms with Crippen molar-refractivity contribution in [2.45, 2.75) is 52.4 Å². The number of benzene rings is 3. The second-order valence-corrected chi connectivity index (χ2v) is 10.0. The Balaban J connectivity index is 2.04. The third-order valence-corrected chi connectivity index (χ3v) is 5.50. The highest BCUT2D eigenvalue weighted by atomic mass is 14.9. The largest absolute Gasteiger partial charge is 0.232 e. The molecule has 1 aromatic heterocycles. The van der Waals surface area contributed by atoms with E-state index in [4.69, 9.17) is 9.97 Å². The fourth-order valence-corrected chi connectivity index (χ4v) is 3.70. The number of aromatic nitrogens is 2. The summed E-state index contributed by atoms with van der Waals surface area (Å²) < 4.78 is 0. The van der Waals surface area contributed by atoms with Crippen LogP contribution in [-0.2, 0) is 10.8 Å². The topological polar surface area (TPSA) is 25.8 Å². The minimum absolute atomic E-state index is 0.0726. The summed E-state index contributed by atoms with van der Waals surface area (Å²) in [6.07, 6.45) is 0. The molecule has 0 N–H and O–H groups in total. The third-order valence-electron chi connectivity index (χ3n) is 5.50. The predicted octanol–water partition coefficient (Wildman–Crippen LogP) is 7.56. The highest BCUT2D eigenvalue weighted by molar-refractivity contribution is 5.97. The Hall–Kier alpha value is -3.00. The summed E-state index contributed by atoms with van der Waals surface area (Å²) in [6.45, 7) is 13.3. The molecule has 0 spiro atoms. The smallest absolute Gasteiger partial charge is 0.135 e. The number of hydrogen-bond acceptors (Lipinski definition) is 2. The molecule has 4 aromatic rings. The first-order valence-corrected chi connectivity index (χ1v) is 10.6. The van der Waals surface area contributed by atoms with Crippen molar-refractivity contribution in [2.24, 2.45) is 0 Å². The SMILES string of the molecule is CC(C)(C)c1ccc2c(-c3ccccc3-c3ccccc3)nc(C(C)(C)C)nc2c1. The molecule has 0 unspecified atom stereocenters. The maximum Gasteiger partial charge on any atom is 0.135 e. The van der Waals surface area contributed by atoms with Gasteiger partial charge >= 0.3 is 0 Å². The van der Waals surface area contributed by atoms with E-state index in [9.17, 15) is 0 Å². The molecule has 0 bridgehead atoms. The molecule has 4 rings (SSSR count). The van der Waals surface area contributed by atoms with E-state index in [2.05, 4.69) is 114 Å². The van der Waals surface area contributed by atoms with Crippen molar-refractivity contribution in [2.75, 3.05) is 0 Å². The molecular weight excluding hydrogens is 364 g/mol. The van der Waals surface area contributed by atoms with Gasteiger partial charge < -0.3 is 0 Å². The second-order valence-electron chi connectivity index (χ2n) is 10.0. The van der Waals surface area contributed by atoms with Crippen molar-refractivity contribution >= 4 is 10.9 Å². The molecule has 0 aliphatic carbocycles. The quantitative estimate of drug-likeness (QED) is 0.350. The molecule has 0 fully saturated rings. The van der Waals surface area contributed by atoms with Gasteiger partial charge in [0.1, 0.15) is 5.82 Å². The molecule has 1 heterocycles. The molecule has 152 valence electrons. The highest BCUT2D eigenvalue weighted by Crippen LogP contribution is 2.37. The maximum atomic E-state index is 5.11. The summed E-state index contributed by atoms with van der Waals surface area (Å²) in [6, 6.07) is 25.7.